The van der Waals surface area contributed by atoms with E-state index in [-0.39, 0.29) is 60.4 Å². The molecule has 1 heterocycles. The molecular weight excluding hydrogens is 426 g/mol. The Hall–Kier alpha value is -0.790. The summed E-state index contributed by atoms with van der Waals surface area (Å²) in [5, 5.41) is 2.95. The maximum absolute atomic E-state index is 13.9. The van der Waals surface area contributed by atoms with E-state index in [1.165, 1.54) is 12.1 Å². The van der Waals surface area contributed by atoms with Gasteiger partial charge in [0.05, 0.1) is 12.1 Å². The molecule has 28 heavy (non-hydrogen) atoms. The number of benzene rings is 1. The minimum atomic E-state index is -0.615. The molecule has 5 nitrogen and oxygen atoms in total. The van der Waals surface area contributed by atoms with E-state index in [0.717, 1.165) is 37.4 Å². The van der Waals surface area contributed by atoms with Crippen molar-refractivity contribution in [2.45, 2.75) is 39.8 Å². The molecule has 164 valence electrons. The van der Waals surface area contributed by atoms with Gasteiger partial charge in [-0.2, -0.15) is 0 Å². The lowest BCUT2D eigenvalue weighted by atomic mass is 9.86. The van der Waals surface area contributed by atoms with Gasteiger partial charge in [0.2, 0.25) is 5.91 Å². The SMILES string of the molecule is CC(NC(=O)[C@@H](N)C(C)(C)C)c1cc(F)ccc1N1CCN(C)CC1.Cl.Cl.Cl. The molecule has 1 aromatic rings. The van der Waals surface area contributed by atoms with Crippen LogP contribution in [-0.4, -0.2) is 50.1 Å². The fraction of sp³-hybridized carbons (Fsp3) is 0.632. The van der Waals surface area contributed by atoms with Gasteiger partial charge in [0.1, 0.15) is 5.82 Å². The quantitative estimate of drug-likeness (QED) is 0.724. The van der Waals surface area contributed by atoms with E-state index in [1.54, 1.807) is 0 Å². The minimum absolute atomic E-state index is 0. The molecule has 0 aliphatic carbocycles. The third kappa shape index (κ3) is 7.56. The molecule has 0 radical (unpaired) electrons. The maximum atomic E-state index is 13.9. The number of anilines is 1. The summed E-state index contributed by atoms with van der Waals surface area (Å²) in [4.78, 5) is 17.0. The fourth-order valence-electron chi connectivity index (χ4n) is 2.98. The first-order chi connectivity index (χ1) is 11.6. The molecule has 0 saturated carbocycles. The second-order valence-electron chi connectivity index (χ2n) is 8.07. The summed E-state index contributed by atoms with van der Waals surface area (Å²) in [6.07, 6.45) is 0. The van der Waals surface area contributed by atoms with Gasteiger partial charge in [-0.05, 0) is 37.6 Å². The first-order valence-corrected chi connectivity index (χ1v) is 8.88. The lowest BCUT2D eigenvalue weighted by Crippen LogP contribution is -2.49. The molecule has 2 atom stereocenters. The van der Waals surface area contributed by atoms with Gasteiger partial charge in [0, 0.05) is 37.4 Å². The number of amides is 1. The van der Waals surface area contributed by atoms with Crippen molar-refractivity contribution >= 4 is 48.8 Å². The number of likely N-dealkylation sites (N-methyl/N-ethyl adjacent to an activating group) is 1. The summed E-state index contributed by atoms with van der Waals surface area (Å²) in [5.74, 6) is -0.511. The van der Waals surface area contributed by atoms with Crippen LogP contribution in [0.4, 0.5) is 10.1 Å². The molecule has 1 aliphatic heterocycles. The smallest absolute Gasteiger partial charge is 0.237 e. The topological polar surface area (TPSA) is 61.6 Å². The first kappa shape index (κ1) is 29.4. The summed E-state index contributed by atoms with van der Waals surface area (Å²) in [6.45, 7) is 11.4. The Morgan fingerprint density at radius 1 is 1.14 bits per heavy atom. The number of piperazine rings is 1. The van der Waals surface area contributed by atoms with E-state index in [2.05, 4.69) is 22.2 Å². The van der Waals surface area contributed by atoms with Gasteiger partial charge in [0.25, 0.3) is 0 Å². The second kappa shape index (κ2) is 12.0. The van der Waals surface area contributed by atoms with Crippen LogP contribution in [0, 0.1) is 11.2 Å². The van der Waals surface area contributed by atoms with Crippen LogP contribution in [0.3, 0.4) is 0 Å². The highest BCUT2D eigenvalue weighted by Crippen LogP contribution is 2.29. The maximum Gasteiger partial charge on any atom is 0.237 e. The Morgan fingerprint density at radius 2 is 1.68 bits per heavy atom. The van der Waals surface area contributed by atoms with Gasteiger partial charge < -0.3 is 20.9 Å². The molecule has 1 amide bonds. The van der Waals surface area contributed by atoms with Crippen LogP contribution in [0.25, 0.3) is 0 Å². The van der Waals surface area contributed by atoms with Crippen LogP contribution in [0.15, 0.2) is 18.2 Å². The predicted molar refractivity (Wildman–Crippen MR) is 122 cm³/mol. The first-order valence-electron chi connectivity index (χ1n) is 8.88. The third-order valence-electron chi connectivity index (χ3n) is 4.87. The molecule has 1 unspecified atom stereocenters. The van der Waals surface area contributed by atoms with Crippen molar-refractivity contribution in [3.8, 4) is 0 Å². The zero-order valence-electron chi connectivity index (χ0n) is 17.2. The summed E-state index contributed by atoms with van der Waals surface area (Å²) in [7, 11) is 2.10. The average Bonchev–Trinajstić information content (AvgIpc) is 2.54. The van der Waals surface area contributed by atoms with Crippen molar-refractivity contribution in [3.63, 3.8) is 0 Å². The van der Waals surface area contributed by atoms with E-state index >= 15 is 0 Å². The minimum Gasteiger partial charge on any atom is -0.369 e. The van der Waals surface area contributed by atoms with E-state index in [1.807, 2.05) is 33.8 Å². The number of hydrogen-bond donors (Lipinski definition) is 2. The number of nitrogens with one attached hydrogen (secondary N) is 1. The van der Waals surface area contributed by atoms with Crippen LogP contribution >= 0.6 is 37.2 Å². The van der Waals surface area contributed by atoms with Crippen molar-refractivity contribution in [2.24, 2.45) is 11.1 Å². The average molecular weight is 460 g/mol. The largest absolute Gasteiger partial charge is 0.369 e. The number of nitrogens with two attached hydrogens (primary N) is 1. The van der Waals surface area contributed by atoms with E-state index in [0.29, 0.717) is 0 Å². The van der Waals surface area contributed by atoms with Gasteiger partial charge in [-0.3, -0.25) is 4.79 Å². The van der Waals surface area contributed by atoms with E-state index in [9.17, 15) is 9.18 Å². The second-order valence-corrected chi connectivity index (χ2v) is 8.07. The summed E-state index contributed by atoms with van der Waals surface area (Å²) < 4.78 is 13.9. The monoisotopic (exact) mass is 458 g/mol. The molecule has 3 N–H and O–H groups in total. The van der Waals surface area contributed by atoms with Crippen LogP contribution in [-0.2, 0) is 4.79 Å². The Kier molecular flexibility index (Phi) is 12.6. The van der Waals surface area contributed by atoms with Gasteiger partial charge in [-0.25, -0.2) is 4.39 Å². The van der Waals surface area contributed by atoms with E-state index in [4.69, 9.17) is 5.73 Å². The fourth-order valence-corrected chi connectivity index (χ4v) is 2.98. The van der Waals surface area contributed by atoms with Gasteiger partial charge in [0.15, 0.2) is 0 Å². The number of halogens is 4. The highest BCUT2D eigenvalue weighted by atomic mass is 35.5. The van der Waals surface area contributed by atoms with Crippen molar-refractivity contribution in [1.82, 2.24) is 10.2 Å². The van der Waals surface area contributed by atoms with Crippen molar-refractivity contribution in [1.29, 1.82) is 0 Å². The molecule has 1 fully saturated rings. The number of carbonyl (C=O) groups is 1. The number of rotatable bonds is 4. The van der Waals surface area contributed by atoms with Crippen molar-refractivity contribution in [2.75, 3.05) is 38.1 Å². The Morgan fingerprint density at radius 3 is 2.18 bits per heavy atom. The highest BCUT2D eigenvalue weighted by molar-refractivity contribution is 5.86. The third-order valence-corrected chi connectivity index (χ3v) is 4.87. The predicted octanol–water partition coefficient (Wildman–Crippen LogP) is 3.39. The molecule has 1 aromatic carbocycles. The molecule has 0 spiro atoms. The van der Waals surface area contributed by atoms with Crippen LogP contribution < -0.4 is 16.0 Å². The highest BCUT2D eigenvalue weighted by Gasteiger charge is 2.29. The summed E-state index contributed by atoms with van der Waals surface area (Å²) >= 11 is 0. The molecule has 2 rings (SSSR count). The Bertz CT molecular complexity index is 620. The molecule has 0 aromatic heterocycles. The molecule has 0 bridgehead atoms. The number of hydrogen-bond acceptors (Lipinski definition) is 4. The lowest BCUT2D eigenvalue weighted by molar-refractivity contribution is -0.125. The molecule has 1 aliphatic rings. The standard InChI is InChI=1S/C19H31FN4O.3ClH/c1-13(22-18(25)17(21)19(2,3)4)15-12-14(20)6-7-16(15)24-10-8-23(5)9-11-24;;;/h6-7,12-13,17H,8-11,21H2,1-5H3,(H,22,25);3*1H/t13?,17-;;;/m1.../s1. The van der Waals surface area contributed by atoms with Gasteiger partial charge in [-0.1, -0.05) is 20.8 Å². The zero-order chi connectivity index (χ0) is 18.8. The Labute approximate surface area is 186 Å². The molecule has 9 heteroatoms. The molecular formula is C19H34Cl3FN4O. The lowest BCUT2D eigenvalue weighted by Gasteiger charge is -2.36. The van der Waals surface area contributed by atoms with Crippen LogP contribution in [0.2, 0.25) is 0 Å². The summed E-state index contributed by atoms with van der Waals surface area (Å²) in [6, 6.07) is 3.87. The Balaban J connectivity index is 0. The number of nitrogens with zero attached hydrogens (tertiary/aromatic N) is 2. The summed E-state index contributed by atoms with van der Waals surface area (Å²) in [5.41, 5.74) is 7.49. The van der Waals surface area contributed by atoms with Crippen molar-refractivity contribution in [3.05, 3.63) is 29.6 Å². The normalized spacial score (nSPS) is 16.8. The van der Waals surface area contributed by atoms with E-state index < -0.39 is 6.04 Å². The zero-order valence-corrected chi connectivity index (χ0v) is 19.6. The van der Waals surface area contributed by atoms with Gasteiger partial charge in [-0.15, -0.1) is 37.2 Å². The van der Waals surface area contributed by atoms with Crippen LogP contribution in [0.1, 0.15) is 39.3 Å². The van der Waals surface area contributed by atoms with Gasteiger partial charge >= 0.3 is 0 Å². The molecule has 1 saturated heterocycles. The van der Waals surface area contributed by atoms with Crippen LogP contribution in [0.5, 0.6) is 0 Å². The van der Waals surface area contributed by atoms with Crippen molar-refractivity contribution < 1.29 is 9.18 Å². The number of carbonyl (C=O) groups excluding carboxylic acids is 1.